The van der Waals surface area contributed by atoms with Gasteiger partial charge < -0.3 is 15.8 Å². The van der Waals surface area contributed by atoms with Crippen LogP contribution in [0.5, 0.6) is 0 Å². The molecule has 1 rings (SSSR count). The Labute approximate surface area is 108 Å². The van der Waals surface area contributed by atoms with Crippen molar-refractivity contribution in [1.82, 2.24) is 4.98 Å². The van der Waals surface area contributed by atoms with E-state index in [0.717, 1.165) is 26.2 Å². The lowest BCUT2D eigenvalue weighted by Gasteiger charge is -2.08. The molecule has 0 radical (unpaired) electrons. The summed E-state index contributed by atoms with van der Waals surface area (Å²) >= 11 is 5.79. The van der Waals surface area contributed by atoms with Gasteiger partial charge in [-0.05, 0) is 18.4 Å². The Kier molecular flexibility index (Phi) is 6.08. The van der Waals surface area contributed by atoms with Gasteiger partial charge in [0.2, 0.25) is 0 Å². The van der Waals surface area contributed by atoms with E-state index < -0.39 is 0 Å². The van der Waals surface area contributed by atoms with E-state index in [1.54, 1.807) is 12.1 Å². The molecular formula is C12H20ClN3O. The zero-order chi connectivity index (χ0) is 12.7. The third kappa shape index (κ3) is 6.34. The zero-order valence-corrected chi connectivity index (χ0v) is 11.1. The summed E-state index contributed by atoms with van der Waals surface area (Å²) in [4.78, 5) is 4.11. The van der Waals surface area contributed by atoms with Gasteiger partial charge in [-0.25, -0.2) is 4.98 Å². The summed E-state index contributed by atoms with van der Waals surface area (Å²) in [6, 6.07) is 3.39. The molecule has 0 spiro atoms. The molecule has 1 aromatic rings. The van der Waals surface area contributed by atoms with E-state index in [2.05, 4.69) is 24.1 Å². The summed E-state index contributed by atoms with van der Waals surface area (Å²) in [6.07, 6.45) is 0.931. The smallest absolute Gasteiger partial charge is 0.133 e. The van der Waals surface area contributed by atoms with Crippen LogP contribution in [0.2, 0.25) is 5.15 Å². The molecule has 0 unspecified atom stereocenters. The van der Waals surface area contributed by atoms with Gasteiger partial charge in [-0.15, -0.1) is 0 Å². The van der Waals surface area contributed by atoms with E-state index in [0.29, 0.717) is 22.6 Å². The molecule has 0 saturated carbocycles. The number of hydrogen-bond acceptors (Lipinski definition) is 4. The van der Waals surface area contributed by atoms with Crippen molar-refractivity contribution >= 4 is 23.1 Å². The van der Waals surface area contributed by atoms with Crippen LogP contribution in [0.1, 0.15) is 20.3 Å². The van der Waals surface area contributed by atoms with Gasteiger partial charge in [0.05, 0.1) is 0 Å². The van der Waals surface area contributed by atoms with Crippen molar-refractivity contribution in [3.8, 4) is 0 Å². The number of aromatic nitrogens is 1. The Morgan fingerprint density at radius 3 is 2.88 bits per heavy atom. The van der Waals surface area contributed by atoms with Crippen LogP contribution in [0.25, 0.3) is 0 Å². The first-order valence-corrected chi connectivity index (χ1v) is 6.20. The second kappa shape index (κ2) is 7.35. The average Bonchev–Trinajstić information content (AvgIpc) is 2.21. The van der Waals surface area contributed by atoms with Crippen LogP contribution in [-0.4, -0.2) is 24.7 Å². The lowest BCUT2D eigenvalue weighted by atomic mass is 10.2. The molecule has 0 aromatic carbocycles. The third-order valence-electron chi connectivity index (χ3n) is 2.04. The predicted molar refractivity (Wildman–Crippen MR) is 72.4 cm³/mol. The predicted octanol–water partition coefficient (Wildman–Crippen LogP) is 2.79. The van der Waals surface area contributed by atoms with Crippen molar-refractivity contribution in [3.05, 3.63) is 17.3 Å². The van der Waals surface area contributed by atoms with E-state index in [-0.39, 0.29) is 0 Å². The van der Waals surface area contributed by atoms with Crippen molar-refractivity contribution in [3.63, 3.8) is 0 Å². The summed E-state index contributed by atoms with van der Waals surface area (Å²) in [5, 5.41) is 3.56. The van der Waals surface area contributed by atoms with E-state index >= 15 is 0 Å². The van der Waals surface area contributed by atoms with Crippen molar-refractivity contribution < 1.29 is 4.74 Å². The number of rotatable bonds is 7. The molecular weight excluding hydrogens is 238 g/mol. The highest BCUT2D eigenvalue weighted by molar-refractivity contribution is 6.29. The fourth-order valence-corrected chi connectivity index (χ4v) is 1.53. The van der Waals surface area contributed by atoms with E-state index in [1.165, 1.54) is 0 Å². The number of anilines is 2. The number of ether oxygens (including phenoxy) is 1. The maximum Gasteiger partial charge on any atom is 0.133 e. The maximum atomic E-state index is 5.79. The molecule has 5 heteroatoms. The Bertz CT molecular complexity index is 324. The monoisotopic (exact) mass is 257 g/mol. The summed E-state index contributed by atoms with van der Waals surface area (Å²) in [7, 11) is 0. The van der Waals surface area contributed by atoms with Crippen LogP contribution in [0, 0.1) is 5.92 Å². The first kappa shape index (κ1) is 14.1. The normalized spacial score (nSPS) is 10.8. The summed E-state index contributed by atoms with van der Waals surface area (Å²) in [5.41, 5.74) is 6.27. The first-order chi connectivity index (χ1) is 8.08. The lowest BCUT2D eigenvalue weighted by Crippen LogP contribution is -2.09. The summed E-state index contributed by atoms with van der Waals surface area (Å²) in [5.74, 6) is 1.29. The summed E-state index contributed by atoms with van der Waals surface area (Å²) in [6.45, 7) is 6.63. The minimum Gasteiger partial charge on any atom is -0.399 e. The molecule has 1 aromatic heterocycles. The standard InChI is InChI=1S/C12H20ClN3O/c1-9(2)8-17-5-3-4-15-12-7-10(14)6-11(13)16-12/h6-7,9H,3-5,8H2,1-2H3,(H3,14,15,16). The highest BCUT2D eigenvalue weighted by Gasteiger charge is 1.98. The highest BCUT2D eigenvalue weighted by Crippen LogP contribution is 2.15. The van der Waals surface area contributed by atoms with Crippen molar-refractivity contribution in [2.75, 3.05) is 30.8 Å². The van der Waals surface area contributed by atoms with Crippen molar-refractivity contribution in [2.24, 2.45) is 5.92 Å². The van der Waals surface area contributed by atoms with Crippen molar-refractivity contribution in [2.45, 2.75) is 20.3 Å². The largest absolute Gasteiger partial charge is 0.399 e. The molecule has 0 aliphatic heterocycles. The topological polar surface area (TPSA) is 60.2 Å². The van der Waals surface area contributed by atoms with Gasteiger partial charge in [0, 0.05) is 31.5 Å². The Hall–Kier alpha value is -1.00. The number of halogens is 1. The molecule has 0 aliphatic rings. The maximum absolute atomic E-state index is 5.79. The summed E-state index contributed by atoms with van der Waals surface area (Å²) < 4.78 is 5.47. The molecule has 17 heavy (non-hydrogen) atoms. The Morgan fingerprint density at radius 1 is 1.47 bits per heavy atom. The molecule has 4 nitrogen and oxygen atoms in total. The Balaban J connectivity index is 2.18. The lowest BCUT2D eigenvalue weighted by molar-refractivity contribution is 0.110. The fraction of sp³-hybridized carbons (Fsp3) is 0.583. The van der Waals surface area contributed by atoms with Gasteiger partial charge in [0.15, 0.2) is 0 Å². The molecule has 0 saturated heterocycles. The van der Waals surface area contributed by atoms with Gasteiger partial charge in [0.25, 0.3) is 0 Å². The van der Waals surface area contributed by atoms with Gasteiger partial charge >= 0.3 is 0 Å². The quantitative estimate of drug-likeness (QED) is 0.583. The number of nitrogens with one attached hydrogen (secondary N) is 1. The average molecular weight is 258 g/mol. The van der Waals surface area contributed by atoms with Crippen molar-refractivity contribution in [1.29, 1.82) is 0 Å². The minimum absolute atomic E-state index is 0.406. The van der Waals surface area contributed by atoms with Crippen LogP contribution >= 0.6 is 11.6 Å². The van der Waals surface area contributed by atoms with Crippen LogP contribution < -0.4 is 11.1 Å². The number of nitrogen functional groups attached to an aromatic ring is 1. The number of pyridine rings is 1. The molecule has 1 heterocycles. The van der Waals surface area contributed by atoms with Gasteiger partial charge in [-0.3, -0.25) is 0 Å². The number of hydrogen-bond donors (Lipinski definition) is 2. The number of nitrogens with zero attached hydrogens (tertiary/aromatic N) is 1. The second-order valence-electron chi connectivity index (χ2n) is 4.36. The molecule has 3 N–H and O–H groups in total. The van der Waals surface area contributed by atoms with Crippen LogP contribution in [0.3, 0.4) is 0 Å². The van der Waals surface area contributed by atoms with E-state index in [1.807, 2.05) is 0 Å². The van der Waals surface area contributed by atoms with Crippen LogP contribution in [-0.2, 0) is 4.74 Å². The molecule has 0 amide bonds. The van der Waals surface area contributed by atoms with E-state index in [4.69, 9.17) is 22.1 Å². The van der Waals surface area contributed by atoms with Crippen LogP contribution in [0.4, 0.5) is 11.5 Å². The van der Waals surface area contributed by atoms with Gasteiger partial charge in [0.1, 0.15) is 11.0 Å². The highest BCUT2D eigenvalue weighted by atomic mass is 35.5. The molecule has 0 aliphatic carbocycles. The third-order valence-corrected chi connectivity index (χ3v) is 2.23. The molecule has 0 fully saturated rings. The Morgan fingerprint density at radius 2 is 2.24 bits per heavy atom. The molecule has 0 bridgehead atoms. The molecule has 96 valence electrons. The van der Waals surface area contributed by atoms with Gasteiger partial charge in [-0.1, -0.05) is 25.4 Å². The molecule has 0 atom stereocenters. The second-order valence-corrected chi connectivity index (χ2v) is 4.74. The fourth-order valence-electron chi connectivity index (χ4n) is 1.32. The van der Waals surface area contributed by atoms with Crippen LogP contribution in [0.15, 0.2) is 12.1 Å². The zero-order valence-electron chi connectivity index (χ0n) is 10.4. The SMILES string of the molecule is CC(C)COCCCNc1cc(N)cc(Cl)n1. The first-order valence-electron chi connectivity index (χ1n) is 5.82. The minimum atomic E-state index is 0.406. The number of nitrogens with two attached hydrogens (primary N) is 1. The van der Waals surface area contributed by atoms with Gasteiger partial charge in [-0.2, -0.15) is 0 Å². The van der Waals surface area contributed by atoms with E-state index in [9.17, 15) is 0 Å².